The zero-order valence-corrected chi connectivity index (χ0v) is 10.2. The summed E-state index contributed by atoms with van der Waals surface area (Å²) in [6, 6.07) is 0. The van der Waals surface area contributed by atoms with Crippen LogP contribution in [0.3, 0.4) is 0 Å². The van der Waals surface area contributed by atoms with E-state index in [1.807, 2.05) is 0 Å². The summed E-state index contributed by atoms with van der Waals surface area (Å²) >= 11 is 0. The van der Waals surface area contributed by atoms with E-state index in [1.165, 1.54) is 0 Å². The van der Waals surface area contributed by atoms with Gasteiger partial charge in [-0.3, -0.25) is 9.89 Å². The maximum absolute atomic E-state index is 10.9. The van der Waals surface area contributed by atoms with Gasteiger partial charge in [-0.2, -0.15) is 0 Å². The summed E-state index contributed by atoms with van der Waals surface area (Å²) in [4.78, 5) is 10.9. The molecule has 0 bridgehead atoms. The van der Waals surface area contributed by atoms with Gasteiger partial charge in [0.25, 0.3) is 0 Å². The molecule has 0 aliphatic heterocycles. The van der Waals surface area contributed by atoms with Gasteiger partial charge in [-0.05, 0) is 12.8 Å². The molecule has 6 nitrogen and oxygen atoms in total. The second kappa shape index (κ2) is 8.69. The maximum atomic E-state index is 10.9. The van der Waals surface area contributed by atoms with E-state index in [4.69, 9.17) is 4.74 Å². The molecule has 96 valence electrons. The standard InChI is InChI=1S/C11H20N4O2/c1-12-11(16)5-3-2-4-7-17-8-6-10-9-13-15-14-10/h9H,2-8H2,1H3,(H,12,16)(H,13,14,15). The number of carbonyl (C=O) groups is 1. The zero-order valence-electron chi connectivity index (χ0n) is 10.2. The molecule has 1 heterocycles. The summed E-state index contributed by atoms with van der Waals surface area (Å²) in [5, 5.41) is 12.7. The number of hydrogen-bond donors (Lipinski definition) is 2. The molecular formula is C11H20N4O2. The Kier molecular flexibility index (Phi) is 6.97. The normalized spacial score (nSPS) is 10.4. The van der Waals surface area contributed by atoms with Crippen molar-refractivity contribution < 1.29 is 9.53 Å². The molecule has 17 heavy (non-hydrogen) atoms. The van der Waals surface area contributed by atoms with E-state index < -0.39 is 0 Å². The Labute approximate surface area is 101 Å². The number of nitrogens with zero attached hydrogens (tertiary/aromatic N) is 2. The molecule has 1 aromatic rings. The third-order valence-corrected chi connectivity index (χ3v) is 2.44. The Balaban J connectivity index is 1.83. The molecule has 0 spiro atoms. The van der Waals surface area contributed by atoms with E-state index in [-0.39, 0.29) is 5.91 Å². The first kappa shape index (κ1) is 13.6. The molecule has 0 saturated heterocycles. The van der Waals surface area contributed by atoms with Gasteiger partial charge in [-0.1, -0.05) is 11.6 Å². The van der Waals surface area contributed by atoms with Gasteiger partial charge >= 0.3 is 0 Å². The number of hydrogen-bond acceptors (Lipinski definition) is 4. The van der Waals surface area contributed by atoms with Crippen LogP contribution in [0.25, 0.3) is 0 Å². The lowest BCUT2D eigenvalue weighted by atomic mass is 10.2. The summed E-state index contributed by atoms with van der Waals surface area (Å²) in [6.45, 7) is 1.41. The Morgan fingerprint density at radius 2 is 2.29 bits per heavy atom. The predicted octanol–water partition coefficient (Wildman–Crippen LogP) is 0.670. The van der Waals surface area contributed by atoms with Crippen molar-refractivity contribution >= 4 is 5.91 Å². The van der Waals surface area contributed by atoms with Crippen molar-refractivity contribution in [2.24, 2.45) is 0 Å². The molecule has 0 atom stereocenters. The van der Waals surface area contributed by atoms with Crippen LogP contribution in [0.5, 0.6) is 0 Å². The number of aromatic nitrogens is 3. The molecule has 0 aromatic carbocycles. The summed E-state index contributed by atoms with van der Waals surface area (Å²) in [5.41, 5.74) is 0.921. The fourth-order valence-electron chi connectivity index (χ4n) is 1.42. The van der Waals surface area contributed by atoms with Crippen LogP contribution in [0.1, 0.15) is 31.4 Å². The number of unbranched alkanes of at least 4 members (excludes halogenated alkanes) is 2. The molecule has 1 aromatic heterocycles. The molecule has 0 saturated carbocycles. The second-order valence-electron chi connectivity index (χ2n) is 3.81. The zero-order chi connectivity index (χ0) is 12.3. The SMILES string of the molecule is CNC(=O)CCCCCOCCc1c[nH]nn1. The van der Waals surface area contributed by atoms with Gasteiger partial charge in [0, 0.05) is 32.7 Å². The lowest BCUT2D eigenvalue weighted by Gasteiger charge is -2.03. The van der Waals surface area contributed by atoms with E-state index in [2.05, 4.69) is 20.7 Å². The average Bonchev–Trinajstić information content (AvgIpc) is 2.85. The van der Waals surface area contributed by atoms with Gasteiger partial charge in [0.1, 0.15) is 0 Å². The number of ether oxygens (including phenoxy) is 1. The van der Waals surface area contributed by atoms with Crippen molar-refractivity contribution in [2.45, 2.75) is 32.1 Å². The minimum atomic E-state index is 0.108. The van der Waals surface area contributed by atoms with Crippen LogP contribution in [-0.2, 0) is 16.0 Å². The van der Waals surface area contributed by atoms with E-state index in [9.17, 15) is 4.79 Å². The van der Waals surface area contributed by atoms with Gasteiger partial charge in [0.05, 0.1) is 12.3 Å². The van der Waals surface area contributed by atoms with Crippen LogP contribution in [0.15, 0.2) is 6.20 Å². The summed E-state index contributed by atoms with van der Waals surface area (Å²) in [6.07, 6.45) is 6.11. The highest BCUT2D eigenvalue weighted by Crippen LogP contribution is 2.00. The van der Waals surface area contributed by atoms with E-state index >= 15 is 0 Å². The molecular weight excluding hydrogens is 220 g/mol. The van der Waals surface area contributed by atoms with Gasteiger partial charge in [-0.15, -0.1) is 5.10 Å². The highest BCUT2D eigenvalue weighted by Gasteiger charge is 1.98. The van der Waals surface area contributed by atoms with Crippen LogP contribution in [0.4, 0.5) is 0 Å². The minimum Gasteiger partial charge on any atom is -0.381 e. The molecule has 0 radical (unpaired) electrons. The molecule has 0 unspecified atom stereocenters. The van der Waals surface area contributed by atoms with Crippen LogP contribution in [0, 0.1) is 0 Å². The number of rotatable bonds is 9. The Morgan fingerprint density at radius 1 is 1.41 bits per heavy atom. The van der Waals surface area contributed by atoms with Crippen molar-refractivity contribution in [1.82, 2.24) is 20.7 Å². The number of H-pyrrole nitrogens is 1. The fraction of sp³-hybridized carbons (Fsp3) is 0.727. The summed E-state index contributed by atoms with van der Waals surface area (Å²) < 4.78 is 5.46. The monoisotopic (exact) mass is 240 g/mol. The number of nitrogens with one attached hydrogen (secondary N) is 2. The van der Waals surface area contributed by atoms with Crippen molar-refractivity contribution in [3.63, 3.8) is 0 Å². The summed E-state index contributed by atoms with van der Waals surface area (Å²) in [5.74, 6) is 0.108. The highest BCUT2D eigenvalue weighted by molar-refractivity contribution is 5.75. The van der Waals surface area contributed by atoms with E-state index in [1.54, 1.807) is 13.2 Å². The van der Waals surface area contributed by atoms with Crippen LogP contribution in [-0.4, -0.2) is 41.6 Å². The Morgan fingerprint density at radius 3 is 3.00 bits per heavy atom. The van der Waals surface area contributed by atoms with Crippen molar-refractivity contribution in [3.8, 4) is 0 Å². The maximum Gasteiger partial charge on any atom is 0.219 e. The molecule has 1 amide bonds. The third-order valence-electron chi connectivity index (χ3n) is 2.44. The largest absolute Gasteiger partial charge is 0.381 e. The average molecular weight is 240 g/mol. The van der Waals surface area contributed by atoms with E-state index in [0.717, 1.165) is 38.0 Å². The lowest BCUT2D eigenvalue weighted by molar-refractivity contribution is -0.120. The number of aromatic amines is 1. The third kappa shape index (κ3) is 6.68. The topological polar surface area (TPSA) is 79.9 Å². The highest BCUT2D eigenvalue weighted by atomic mass is 16.5. The van der Waals surface area contributed by atoms with Crippen molar-refractivity contribution in [2.75, 3.05) is 20.3 Å². The van der Waals surface area contributed by atoms with Gasteiger partial charge in [0.2, 0.25) is 5.91 Å². The second-order valence-corrected chi connectivity index (χ2v) is 3.81. The van der Waals surface area contributed by atoms with Crippen molar-refractivity contribution in [3.05, 3.63) is 11.9 Å². The Bertz CT molecular complexity index is 300. The molecule has 0 aliphatic carbocycles. The first-order valence-corrected chi connectivity index (χ1v) is 5.96. The molecule has 0 aliphatic rings. The van der Waals surface area contributed by atoms with Crippen LogP contribution < -0.4 is 5.32 Å². The first-order valence-electron chi connectivity index (χ1n) is 5.96. The molecule has 1 rings (SSSR count). The number of carbonyl (C=O) groups excluding carboxylic acids is 1. The van der Waals surface area contributed by atoms with Crippen LogP contribution in [0.2, 0.25) is 0 Å². The first-order chi connectivity index (χ1) is 8.33. The molecule has 2 N–H and O–H groups in total. The van der Waals surface area contributed by atoms with Gasteiger partial charge in [0.15, 0.2) is 0 Å². The predicted molar refractivity (Wildman–Crippen MR) is 63.4 cm³/mol. The minimum absolute atomic E-state index is 0.108. The van der Waals surface area contributed by atoms with Gasteiger partial charge in [-0.25, -0.2) is 0 Å². The van der Waals surface area contributed by atoms with Crippen molar-refractivity contribution in [1.29, 1.82) is 0 Å². The smallest absolute Gasteiger partial charge is 0.219 e. The molecule has 0 fully saturated rings. The number of amides is 1. The van der Waals surface area contributed by atoms with Crippen LogP contribution >= 0.6 is 0 Å². The lowest BCUT2D eigenvalue weighted by Crippen LogP contribution is -2.16. The van der Waals surface area contributed by atoms with E-state index in [0.29, 0.717) is 13.0 Å². The fourth-order valence-corrected chi connectivity index (χ4v) is 1.42. The van der Waals surface area contributed by atoms with Gasteiger partial charge < -0.3 is 10.1 Å². The Hall–Kier alpha value is -1.43. The summed E-state index contributed by atoms with van der Waals surface area (Å²) in [7, 11) is 1.66. The molecule has 6 heteroatoms. The quantitative estimate of drug-likeness (QED) is 0.622.